The second kappa shape index (κ2) is 5.37. The highest BCUT2D eigenvalue weighted by Gasteiger charge is 2.28. The Kier molecular flexibility index (Phi) is 3.55. The van der Waals surface area contributed by atoms with E-state index in [1.54, 1.807) is 10.6 Å². The Labute approximate surface area is 123 Å². The zero-order chi connectivity index (χ0) is 15.0. The first-order chi connectivity index (χ1) is 10.1. The summed E-state index contributed by atoms with van der Waals surface area (Å²) in [6.45, 7) is 7.89. The molecule has 2 aromatic heterocycles. The fourth-order valence-corrected chi connectivity index (χ4v) is 3.06. The third-order valence-electron chi connectivity index (χ3n) is 4.18. The van der Waals surface area contributed by atoms with E-state index in [2.05, 4.69) is 28.6 Å². The van der Waals surface area contributed by atoms with Crippen molar-refractivity contribution in [3.8, 4) is 0 Å². The Hall–Kier alpha value is -2.08. The maximum absolute atomic E-state index is 11.6. The summed E-state index contributed by atoms with van der Waals surface area (Å²) in [7, 11) is 0. The zero-order valence-corrected chi connectivity index (χ0v) is 12.4. The molecule has 1 aliphatic rings. The number of piperazine rings is 1. The van der Waals surface area contributed by atoms with Gasteiger partial charge in [0, 0.05) is 31.9 Å². The molecule has 1 aliphatic heterocycles. The van der Waals surface area contributed by atoms with Gasteiger partial charge >= 0.3 is 5.97 Å². The molecule has 0 amide bonds. The molecule has 6 nitrogen and oxygen atoms in total. The molecule has 1 saturated heterocycles. The predicted molar refractivity (Wildman–Crippen MR) is 81.1 cm³/mol. The fraction of sp³-hybridized carbons (Fsp3) is 0.467. The van der Waals surface area contributed by atoms with E-state index in [0.717, 1.165) is 26.2 Å². The molecule has 0 bridgehead atoms. The summed E-state index contributed by atoms with van der Waals surface area (Å²) < 4.78 is 1.65. The van der Waals surface area contributed by atoms with Gasteiger partial charge in [-0.1, -0.05) is 13.0 Å². The average molecular weight is 288 g/mol. The number of carboxylic acid groups (broad SMARTS) is 1. The van der Waals surface area contributed by atoms with Crippen LogP contribution in [0.5, 0.6) is 0 Å². The van der Waals surface area contributed by atoms with Crippen molar-refractivity contribution in [2.45, 2.75) is 19.9 Å². The van der Waals surface area contributed by atoms with Gasteiger partial charge in [-0.2, -0.15) is 0 Å². The summed E-state index contributed by atoms with van der Waals surface area (Å²) in [6, 6.07) is 5.93. The number of carboxylic acids is 1. The van der Waals surface area contributed by atoms with E-state index in [9.17, 15) is 9.90 Å². The van der Waals surface area contributed by atoms with E-state index >= 15 is 0 Å². The molecule has 1 atom stereocenters. The van der Waals surface area contributed by atoms with Crippen molar-refractivity contribution >= 4 is 17.4 Å². The van der Waals surface area contributed by atoms with Crippen LogP contribution in [0.2, 0.25) is 0 Å². The Bertz CT molecular complexity index is 667. The molecule has 0 aromatic carbocycles. The van der Waals surface area contributed by atoms with Crippen LogP contribution in [-0.2, 0) is 0 Å². The van der Waals surface area contributed by atoms with Crippen molar-refractivity contribution in [2.24, 2.45) is 0 Å². The fourth-order valence-electron chi connectivity index (χ4n) is 3.06. The van der Waals surface area contributed by atoms with E-state index < -0.39 is 5.97 Å². The van der Waals surface area contributed by atoms with Gasteiger partial charge in [-0.25, -0.2) is 9.78 Å². The first kappa shape index (κ1) is 13.9. The number of aromatic nitrogens is 2. The first-order valence-corrected chi connectivity index (χ1v) is 7.31. The quantitative estimate of drug-likeness (QED) is 0.929. The van der Waals surface area contributed by atoms with Gasteiger partial charge in [0.25, 0.3) is 0 Å². The van der Waals surface area contributed by atoms with Crippen molar-refractivity contribution < 1.29 is 9.90 Å². The molecule has 3 heterocycles. The normalized spacial score (nSPS) is 20.1. The monoisotopic (exact) mass is 288 g/mol. The lowest BCUT2D eigenvalue weighted by Gasteiger charge is -2.39. The van der Waals surface area contributed by atoms with Gasteiger partial charge in [0.15, 0.2) is 11.5 Å². The number of hydrogen-bond donors (Lipinski definition) is 1. The SMILES string of the molecule is CCN1CCN(c2nc3ccccn3c2C(=O)O)CC1C. The summed E-state index contributed by atoms with van der Waals surface area (Å²) in [6.07, 6.45) is 1.75. The molecular weight excluding hydrogens is 268 g/mol. The molecule has 0 radical (unpaired) electrons. The van der Waals surface area contributed by atoms with E-state index in [-0.39, 0.29) is 5.69 Å². The maximum Gasteiger partial charge on any atom is 0.356 e. The summed E-state index contributed by atoms with van der Waals surface area (Å²) in [5.41, 5.74) is 0.929. The lowest BCUT2D eigenvalue weighted by atomic mass is 10.2. The molecule has 1 N–H and O–H groups in total. The molecule has 0 aliphatic carbocycles. The van der Waals surface area contributed by atoms with E-state index in [0.29, 0.717) is 17.5 Å². The van der Waals surface area contributed by atoms with Gasteiger partial charge in [-0.05, 0) is 25.6 Å². The number of imidazole rings is 1. The zero-order valence-electron chi connectivity index (χ0n) is 12.4. The molecule has 0 spiro atoms. The van der Waals surface area contributed by atoms with E-state index in [1.165, 1.54) is 0 Å². The van der Waals surface area contributed by atoms with Crippen LogP contribution >= 0.6 is 0 Å². The van der Waals surface area contributed by atoms with Gasteiger partial charge < -0.3 is 10.0 Å². The van der Waals surface area contributed by atoms with Crippen LogP contribution in [0.4, 0.5) is 5.82 Å². The van der Waals surface area contributed by atoms with Crippen LogP contribution in [0.3, 0.4) is 0 Å². The van der Waals surface area contributed by atoms with Crippen LogP contribution in [0.25, 0.3) is 5.65 Å². The first-order valence-electron chi connectivity index (χ1n) is 7.31. The topological polar surface area (TPSA) is 61.1 Å². The Morgan fingerprint density at radius 2 is 2.24 bits per heavy atom. The number of pyridine rings is 1. The average Bonchev–Trinajstić information content (AvgIpc) is 2.86. The van der Waals surface area contributed by atoms with E-state index in [4.69, 9.17) is 0 Å². The molecular formula is C15H20N4O2. The predicted octanol–water partition coefficient (Wildman–Crippen LogP) is 1.56. The van der Waals surface area contributed by atoms with Crippen molar-refractivity contribution in [1.29, 1.82) is 0 Å². The molecule has 21 heavy (non-hydrogen) atoms. The number of carbonyl (C=O) groups is 1. The number of fused-ring (bicyclic) bond motifs is 1. The summed E-state index contributed by atoms with van der Waals surface area (Å²) in [4.78, 5) is 20.7. The molecule has 3 rings (SSSR count). The molecule has 1 unspecified atom stereocenters. The lowest BCUT2D eigenvalue weighted by Crippen LogP contribution is -2.52. The highest BCUT2D eigenvalue weighted by Crippen LogP contribution is 2.24. The third-order valence-corrected chi connectivity index (χ3v) is 4.18. The number of anilines is 1. The summed E-state index contributed by atoms with van der Waals surface area (Å²) in [5, 5.41) is 9.55. The van der Waals surface area contributed by atoms with Crippen LogP contribution < -0.4 is 4.90 Å². The van der Waals surface area contributed by atoms with Gasteiger partial charge in [-0.3, -0.25) is 9.30 Å². The molecule has 1 fully saturated rings. The van der Waals surface area contributed by atoms with Crippen molar-refractivity contribution in [3.05, 3.63) is 30.1 Å². The second-order valence-electron chi connectivity index (χ2n) is 5.44. The Morgan fingerprint density at radius 3 is 2.90 bits per heavy atom. The molecule has 112 valence electrons. The third kappa shape index (κ3) is 2.35. The minimum absolute atomic E-state index is 0.253. The van der Waals surface area contributed by atoms with Crippen molar-refractivity contribution in [2.75, 3.05) is 31.1 Å². The number of aromatic carboxylic acids is 1. The molecule has 2 aromatic rings. The van der Waals surface area contributed by atoms with Crippen molar-refractivity contribution in [3.63, 3.8) is 0 Å². The van der Waals surface area contributed by atoms with Gasteiger partial charge in [0.2, 0.25) is 0 Å². The smallest absolute Gasteiger partial charge is 0.356 e. The van der Waals surface area contributed by atoms with E-state index in [1.807, 2.05) is 18.2 Å². The minimum atomic E-state index is -0.936. The highest BCUT2D eigenvalue weighted by atomic mass is 16.4. The van der Waals surface area contributed by atoms with Crippen LogP contribution in [0.1, 0.15) is 24.3 Å². The van der Waals surface area contributed by atoms with Crippen LogP contribution in [0.15, 0.2) is 24.4 Å². The summed E-state index contributed by atoms with van der Waals surface area (Å²) >= 11 is 0. The summed E-state index contributed by atoms with van der Waals surface area (Å²) in [5.74, 6) is -0.356. The Morgan fingerprint density at radius 1 is 1.43 bits per heavy atom. The van der Waals surface area contributed by atoms with Gasteiger partial charge in [0.1, 0.15) is 5.65 Å². The molecule has 0 saturated carbocycles. The number of nitrogens with zero attached hydrogens (tertiary/aromatic N) is 4. The molecule has 6 heteroatoms. The number of rotatable bonds is 3. The number of likely N-dealkylation sites (N-methyl/N-ethyl adjacent to an activating group) is 1. The van der Waals surface area contributed by atoms with Crippen LogP contribution in [-0.4, -0.2) is 57.6 Å². The lowest BCUT2D eigenvalue weighted by molar-refractivity contribution is 0.0689. The highest BCUT2D eigenvalue weighted by molar-refractivity contribution is 5.93. The van der Waals surface area contributed by atoms with Crippen molar-refractivity contribution in [1.82, 2.24) is 14.3 Å². The second-order valence-corrected chi connectivity index (χ2v) is 5.44. The standard InChI is InChI=1S/C15H20N4O2/c1-3-17-8-9-18(10-11(17)2)14-13(15(20)21)19-7-5-4-6-12(19)16-14/h4-7,11H,3,8-10H2,1-2H3,(H,20,21). The van der Waals surface area contributed by atoms with Gasteiger partial charge in [0.05, 0.1) is 0 Å². The van der Waals surface area contributed by atoms with Crippen LogP contribution in [0, 0.1) is 0 Å². The minimum Gasteiger partial charge on any atom is -0.476 e. The maximum atomic E-state index is 11.6. The van der Waals surface area contributed by atoms with Gasteiger partial charge in [-0.15, -0.1) is 0 Å². The Balaban J connectivity index is 2.01. The largest absolute Gasteiger partial charge is 0.476 e. The number of hydrogen-bond acceptors (Lipinski definition) is 4.